The Morgan fingerprint density at radius 2 is 1.08 bits per heavy atom. The summed E-state index contributed by atoms with van der Waals surface area (Å²) < 4.78 is 21.2. The van der Waals surface area contributed by atoms with E-state index in [9.17, 15) is 9.59 Å². The lowest BCUT2D eigenvalue weighted by atomic mass is 10.1. The Morgan fingerprint density at radius 1 is 0.649 bits per heavy atom. The second kappa shape index (κ2) is 13.5. The minimum absolute atomic E-state index is 0.145. The van der Waals surface area contributed by atoms with Crippen molar-refractivity contribution in [2.75, 3.05) is 31.3 Å². The van der Waals surface area contributed by atoms with Crippen LogP contribution in [-0.2, 0) is 19.1 Å². The van der Waals surface area contributed by atoms with E-state index in [1.54, 1.807) is 0 Å². The maximum atomic E-state index is 11.1. The molecule has 0 aromatic heterocycles. The number of nitrogens with zero attached hydrogens (tertiary/aromatic N) is 1. The fraction of sp³-hybridized carbons (Fsp3) is 0.200. The largest absolute Gasteiger partial charge is 0.490 e. The summed E-state index contributed by atoms with van der Waals surface area (Å²) >= 11 is 0. The molecule has 0 amide bonds. The molecular weight excluding hydrogens is 470 g/mol. The first-order valence-electron chi connectivity index (χ1n) is 11.8. The second-order valence-electron chi connectivity index (χ2n) is 8.03. The molecule has 0 unspecified atom stereocenters. The lowest BCUT2D eigenvalue weighted by Gasteiger charge is -2.26. The molecule has 0 aliphatic rings. The molecule has 0 aliphatic carbocycles. The number of ether oxygens (including phenoxy) is 4. The first-order chi connectivity index (χ1) is 17.9. The summed E-state index contributed by atoms with van der Waals surface area (Å²) in [5.74, 6) is 0.379. The number of carbonyl (C=O) groups excluding carboxylic acids is 2. The maximum Gasteiger partial charge on any atom is 0.330 e. The highest BCUT2D eigenvalue weighted by Crippen LogP contribution is 2.36. The molecule has 7 heteroatoms. The number of rotatable bonds is 13. The van der Waals surface area contributed by atoms with Crippen LogP contribution in [0, 0.1) is 13.8 Å². The number of hydrogen-bond acceptors (Lipinski definition) is 7. The van der Waals surface area contributed by atoms with Crippen molar-refractivity contribution in [3.05, 3.63) is 103 Å². The second-order valence-corrected chi connectivity index (χ2v) is 8.03. The molecule has 3 aromatic carbocycles. The van der Waals surface area contributed by atoms with Crippen molar-refractivity contribution < 1.29 is 28.5 Å². The molecule has 0 saturated heterocycles. The van der Waals surface area contributed by atoms with Crippen molar-refractivity contribution in [2.45, 2.75) is 13.8 Å². The molecule has 37 heavy (non-hydrogen) atoms. The third-order valence-electron chi connectivity index (χ3n) is 5.46. The van der Waals surface area contributed by atoms with Gasteiger partial charge in [-0.2, -0.15) is 0 Å². The van der Waals surface area contributed by atoms with Crippen LogP contribution in [0.3, 0.4) is 0 Å². The van der Waals surface area contributed by atoms with Crippen LogP contribution in [0.15, 0.2) is 92.0 Å². The summed E-state index contributed by atoms with van der Waals surface area (Å²) in [5.41, 5.74) is 5.30. The molecule has 0 aliphatic heterocycles. The van der Waals surface area contributed by atoms with E-state index in [2.05, 4.69) is 50.1 Å². The molecule has 0 atom stereocenters. The number of aryl methyl sites for hydroxylation is 2. The third kappa shape index (κ3) is 8.00. The highest BCUT2D eigenvalue weighted by molar-refractivity contribution is 5.81. The van der Waals surface area contributed by atoms with E-state index in [-0.39, 0.29) is 26.4 Å². The van der Waals surface area contributed by atoms with Crippen molar-refractivity contribution in [1.82, 2.24) is 0 Å². The van der Waals surface area contributed by atoms with Gasteiger partial charge in [-0.05, 0) is 85.6 Å². The number of hydrogen-bond donors (Lipinski definition) is 0. The van der Waals surface area contributed by atoms with E-state index in [0.717, 1.165) is 29.2 Å². The van der Waals surface area contributed by atoms with Gasteiger partial charge in [-0.1, -0.05) is 19.2 Å². The van der Waals surface area contributed by atoms with Crippen molar-refractivity contribution >= 4 is 29.0 Å². The zero-order valence-corrected chi connectivity index (χ0v) is 21.1. The van der Waals surface area contributed by atoms with Crippen LogP contribution in [0.2, 0.25) is 0 Å². The molecule has 192 valence electrons. The van der Waals surface area contributed by atoms with Gasteiger partial charge in [-0.25, -0.2) is 9.59 Å². The Balaban J connectivity index is 1.75. The van der Waals surface area contributed by atoms with Gasteiger partial charge in [0.1, 0.15) is 37.9 Å². The average molecular weight is 502 g/mol. The molecule has 0 bridgehead atoms. The molecule has 0 N–H and O–H groups in total. The van der Waals surface area contributed by atoms with Gasteiger partial charge < -0.3 is 23.8 Å². The maximum absolute atomic E-state index is 11.1. The molecule has 3 rings (SSSR count). The lowest BCUT2D eigenvalue weighted by molar-refractivity contribution is -0.139. The van der Waals surface area contributed by atoms with Crippen LogP contribution in [0.4, 0.5) is 17.1 Å². The first kappa shape index (κ1) is 27.1. The SMILES string of the molecule is C=CC(=O)OCCOc1ccc(N(c2ccc(OCCOC(=O)C=C)cc2)c2ccc(C)c(C)c2)cc1. The van der Waals surface area contributed by atoms with E-state index in [1.165, 1.54) is 11.1 Å². The van der Waals surface area contributed by atoms with E-state index < -0.39 is 11.9 Å². The zero-order chi connectivity index (χ0) is 26.6. The normalized spacial score (nSPS) is 10.2. The van der Waals surface area contributed by atoms with E-state index in [4.69, 9.17) is 18.9 Å². The van der Waals surface area contributed by atoms with Gasteiger partial charge in [0, 0.05) is 29.2 Å². The Morgan fingerprint density at radius 3 is 1.49 bits per heavy atom. The van der Waals surface area contributed by atoms with E-state index >= 15 is 0 Å². The summed E-state index contributed by atoms with van der Waals surface area (Å²) in [6.07, 6.45) is 2.24. The quantitative estimate of drug-likeness (QED) is 0.162. The highest BCUT2D eigenvalue weighted by atomic mass is 16.6. The predicted molar refractivity (Wildman–Crippen MR) is 144 cm³/mol. The van der Waals surface area contributed by atoms with Crippen molar-refractivity contribution in [2.24, 2.45) is 0 Å². The monoisotopic (exact) mass is 501 g/mol. The number of benzene rings is 3. The summed E-state index contributed by atoms with van der Waals surface area (Å²) in [6.45, 7) is 11.7. The lowest BCUT2D eigenvalue weighted by Crippen LogP contribution is -2.12. The van der Waals surface area contributed by atoms with Crippen LogP contribution in [0.1, 0.15) is 11.1 Å². The summed E-state index contributed by atoms with van der Waals surface area (Å²) in [7, 11) is 0. The Kier molecular flexibility index (Phi) is 9.91. The Labute approximate surface area is 217 Å². The van der Waals surface area contributed by atoms with Crippen molar-refractivity contribution in [3.8, 4) is 11.5 Å². The minimum atomic E-state index is -0.476. The van der Waals surface area contributed by atoms with Gasteiger partial charge in [0.05, 0.1) is 0 Å². The molecule has 7 nitrogen and oxygen atoms in total. The molecular formula is C30H31NO6. The van der Waals surface area contributed by atoms with Gasteiger partial charge in [0.25, 0.3) is 0 Å². The topological polar surface area (TPSA) is 74.3 Å². The smallest absolute Gasteiger partial charge is 0.330 e. The van der Waals surface area contributed by atoms with Crippen LogP contribution in [0.25, 0.3) is 0 Å². The molecule has 0 fully saturated rings. The van der Waals surface area contributed by atoms with Gasteiger partial charge in [-0.15, -0.1) is 0 Å². The molecule has 0 spiro atoms. The molecule has 0 radical (unpaired) electrons. The third-order valence-corrected chi connectivity index (χ3v) is 5.46. The molecule has 0 saturated carbocycles. The fourth-order valence-electron chi connectivity index (χ4n) is 3.42. The van der Waals surface area contributed by atoms with Crippen LogP contribution in [0.5, 0.6) is 11.5 Å². The van der Waals surface area contributed by atoms with Crippen LogP contribution >= 0.6 is 0 Å². The summed E-state index contributed by atoms with van der Waals surface area (Å²) in [4.78, 5) is 24.4. The van der Waals surface area contributed by atoms with Gasteiger partial charge in [-0.3, -0.25) is 0 Å². The summed E-state index contributed by atoms with van der Waals surface area (Å²) in [6, 6.07) is 21.7. The van der Waals surface area contributed by atoms with Gasteiger partial charge >= 0.3 is 11.9 Å². The summed E-state index contributed by atoms with van der Waals surface area (Å²) in [5, 5.41) is 0. The number of anilines is 3. The first-order valence-corrected chi connectivity index (χ1v) is 11.8. The minimum Gasteiger partial charge on any atom is -0.490 e. The van der Waals surface area contributed by atoms with Crippen molar-refractivity contribution in [1.29, 1.82) is 0 Å². The number of carbonyl (C=O) groups is 2. The fourth-order valence-corrected chi connectivity index (χ4v) is 3.42. The predicted octanol–water partition coefficient (Wildman–Crippen LogP) is 5.99. The van der Waals surface area contributed by atoms with Gasteiger partial charge in [0.2, 0.25) is 0 Å². The average Bonchev–Trinajstić information content (AvgIpc) is 2.92. The highest BCUT2D eigenvalue weighted by Gasteiger charge is 2.14. The van der Waals surface area contributed by atoms with Gasteiger partial charge in [0.15, 0.2) is 0 Å². The Bertz CT molecular complexity index is 1150. The zero-order valence-electron chi connectivity index (χ0n) is 21.1. The molecule has 0 heterocycles. The Hall–Kier alpha value is -4.52. The standard InChI is InChI=1S/C30H31NO6/c1-5-29(32)36-19-17-34-27-13-9-24(10-14-27)31(26-8-7-22(3)23(4)21-26)25-11-15-28(16-12-25)35-18-20-37-30(33)6-2/h5-16,21H,1-2,17-20H2,3-4H3. The van der Waals surface area contributed by atoms with Crippen molar-refractivity contribution in [3.63, 3.8) is 0 Å². The van der Waals surface area contributed by atoms with E-state index in [1.807, 2.05) is 48.5 Å². The van der Waals surface area contributed by atoms with Crippen LogP contribution in [-0.4, -0.2) is 38.4 Å². The molecule has 3 aromatic rings. The number of esters is 2. The van der Waals surface area contributed by atoms with E-state index in [0.29, 0.717) is 11.5 Å². The van der Waals surface area contributed by atoms with Crippen LogP contribution < -0.4 is 14.4 Å².